The minimum Gasteiger partial charge on any atom is -0.343 e. The van der Waals surface area contributed by atoms with E-state index >= 15 is 0 Å². The van der Waals surface area contributed by atoms with Crippen LogP contribution in [-0.4, -0.2) is 29.8 Å². The fraction of sp³-hybridized carbons (Fsp3) is 0.652. The summed E-state index contributed by atoms with van der Waals surface area (Å²) in [4.78, 5) is 27.1. The predicted molar refractivity (Wildman–Crippen MR) is 112 cm³/mol. The van der Waals surface area contributed by atoms with Crippen LogP contribution in [0.15, 0.2) is 18.2 Å². The van der Waals surface area contributed by atoms with E-state index in [0.29, 0.717) is 37.3 Å². The van der Waals surface area contributed by atoms with Crippen LogP contribution in [-0.2, 0) is 9.59 Å². The summed E-state index contributed by atoms with van der Waals surface area (Å²) in [6.07, 6.45) is 2.09. The van der Waals surface area contributed by atoms with Crippen LogP contribution in [0.2, 0.25) is 0 Å². The Kier molecular flexibility index (Phi) is 7.46. The van der Waals surface area contributed by atoms with Gasteiger partial charge in [-0.25, -0.2) is 0 Å². The van der Waals surface area contributed by atoms with Crippen molar-refractivity contribution in [3.05, 3.63) is 29.3 Å². The van der Waals surface area contributed by atoms with Gasteiger partial charge in [0.1, 0.15) is 0 Å². The molecule has 0 aromatic heterocycles. The molecule has 4 nitrogen and oxygen atoms in total. The van der Waals surface area contributed by atoms with E-state index in [1.165, 1.54) is 11.1 Å². The number of likely N-dealkylation sites (tertiary alicyclic amines) is 1. The number of nitrogens with zero attached hydrogens (tertiary/aromatic N) is 1. The number of benzene rings is 1. The van der Waals surface area contributed by atoms with Crippen LogP contribution in [0, 0.1) is 11.8 Å². The lowest BCUT2D eigenvalue weighted by Gasteiger charge is -2.32. The third kappa shape index (κ3) is 5.57. The predicted octanol–water partition coefficient (Wildman–Crippen LogP) is 5.16. The molecule has 1 aliphatic rings. The zero-order valence-electron chi connectivity index (χ0n) is 17.8. The smallest absolute Gasteiger partial charge is 0.227 e. The first-order valence-electron chi connectivity index (χ1n) is 10.4. The maximum absolute atomic E-state index is 13.0. The molecular formula is C23H36N2O2. The molecule has 27 heavy (non-hydrogen) atoms. The van der Waals surface area contributed by atoms with Gasteiger partial charge in [0.05, 0.1) is 0 Å². The second kappa shape index (κ2) is 9.38. The molecular weight excluding hydrogens is 336 g/mol. The van der Waals surface area contributed by atoms with Gasteiger partial charge in [-0.1, -0.05) is 59.7 Å². The van der Waals surface area contributed by atoms with E-state index in [0.717, 1.165) is 18.5 Å². The van der Waals surface area contributed by atoms with Gasteiger partial charge in [-0.15, -0.1) is 0 Å². The molecule has 1 aromatic carbocycles. The average Bonchev–Trinajstić information content (AvgIpc) is 2.61. The molecule has 0 unspecified atom stereocenters. The minimum absolute atomic E-state index is 0.0201. The number of hydrogen-bond donors (Lipinski definition) is 1. The number of para-hydroxylation sites is 1. The molecule has 4 heteroatoms. The van der Waals surface area contributed by atoms with Crippen LogP contribution in [0.5, 0.6) is 0 Å². The van der Waals surface area contributed by atoms with Gasteiger partial charge in [0, 0.05) is 31.1 Å². The van der Waals surface area contributed by atoms with E-state index in [2.05, 4.69) is 65.1 Å². The number of nitrogens with one attached hydrogen (secondary N) is 1. The third-order valence-corrected chi connectivity index (χ3v) is 5.42. The number of carbonyl (C=O) groups excluding carboxylic acids is 2. The van der Waals surface area contributed by atoms with Crippen LogP contribution < -0.4 is 5.32 Å². The summed E-state index contributed by atoms with van der Waals surface area (Å²) < 4.78 is 0. The van der Waals surface area contributed by atoms with Crippen molar-refractivity contribution in [3.8, 4) is 0 Å². The van der Waals surface area contributed by atoms with Crippen molar-refractivity contribution in [1.82, 2.24) is 4.90 Å². The molecule has 1 fully saturated rings. The Morgan fingerprint density at radius 1 is 1.00 bits per heavy atom. The number of carbonyl (C=O) groups is 2. The minimum atomic E-state index is -0.0201. The van der Waals surface area contributed by atoms with Gasteiger partial charge in [0.15, 0.2) is 0 Å². The van der Waals surface area contributed by atoms with Gasteiger partial charge in [-0.05, 0) is 41.7 Å². The molecule has 150 valence electrons. The molecule has 0 atom stereocenters. The van der Waals surface area contributed by atoms with Gasteiger partial charge >= 0.3 is 0 Å². The first kappa shape index (κ1) is 21.5. The van der Waals surface area contributed by atoms with Crippen molar-refractivity contribution >= 4 is 17.5 Å². The van der Waals surface area contributed by atoms with Crippen LogP contribution >= 0.6 is 0 Å². The Bertz CT molecular complexity index is 630. The molecule has 1 saturated heterocycles. The first-order chi connectivity index (χ1) is 12.7. The van der Waals surface area contributed by atoms with Crippen molar-refractivity contribution in [2.24, 2.45) is 11.8 Å². The van der Waals surface area contributed by atoms with Gasteiger partial charge in [-0.2, -0.15) is 0 Å². The number of hydrogen-bond acceptors (Lipinski definition) is 2. The highest BCUT2D eigenvalue weighted by Crippen LogP contribution is 2.33. The van der Waals surface area contributed by atoms with Gasteiger partial charge in [0.25, 0.3) is 0 Å². The maximum atomic E-state index is 13.0. The van der Waals surface area contributed by atoms with Gasteiger partial charge in [0.2, 0.25) is 11.8 Å². The van der Waals surface area contributed by atoms with Crippen molar-refractivity contribution in [2.45, 2.75) is 72.6 Å². The molecule has 0 bridgehead atoms. The van der Waals surface area contributed by atoms with E-state index < -0.39 is 0 Å². The highest BCUT2D eigenvalue weighted by atomic mass is 16.2. The number of piperidine rings is 1. The van der Waals surface area contributed by atoms with E-state index in [9.17, 15) is 9.59 Å². The highest BCUT2D eigenvalue weighted by Gasteiger charge is 2.28. The topological polar surface area (TPSA) is 49.4 Å². The summed E-state index contributed by atoms with van der Waals surface area (Å²) in [6.45, 7) is 14.1. The van der Waals surface area contributed by atoms with Crippen LogP contribution in [0.25, 0.3) is 0 Å². The fourth-order valence-corrected chi connectivity index (χ4v) is 3.79. The first-order valence-corrected chi connectivity index (χ1v) is 10.4. The number of anilines is 1. The van der Waals surface area contributed by atoms with Gasteiger partial charge < -0.3 is 10.2 Å². The molecule has 2 amide bonds. The summed E-state index contributed by atoms with van der Waals surface area (Å²) in [5.74, 6) is 1.38. The molecule has 0 spiro atoms. The van der Waals surface area contributed by atoms with Crippen LogP contribution in [0.4, 0.5) is 5.69 Å². The summed E-state index contributed by atoms with van der Waals surface area (Å²) in [6, 6.07) is 6.30. The van der Waals surface area contributed by atoms with E-state index in [4.69, 9.17) is 0 Å². The number of rotatable bonds is 6. The summed E-state index contributed by atoms with van der Waals surface area (Å²) in [5, 5.41) is 3.25. The van der Waals surface area contributed by atoms with Gasteiger partial charge in [-0.3, -0.25) is 9.59 Å². The zero-order chi connectivity index (χ0) is 20.1. The molecule has 2 rings (SSSR count). The quantitative estimate of drug-likeness (QED) is 0.750. The van der Waals surface area contributed by atoms with Crippen LogP contribution in [0.3, 0.4) is 0 Å². The summed E-state index contributed by atoms with van der Waals surface area (Å²) in [7, 11) is 0. The average molecular weight is 373 g/mol. The van der Waals surface area contributed by atoms with Crippen LogP contribution in [0.1, 0.15) is 83.8 Å². The van der Waals surface area contributed by atoms with Crippen molar-refractivity contribution in [1.29, 1.82) is 0 Å². The second-order valence-electron chi connectivity index (χ2n) is 8.86. The van der Waals surface area contributed by atoms with Crippen molar-refractivity contribution in [2.75, 3.05) is 18.4 Å². The normalized spacial score (nSPS) is 15.7. The molecule has 1 aromatic rings. The third-order valence-electron chi connectivity index (χ3n) is 5.42. The van der Waals surface area contributed by atoms with E-state index in [-0.39, 0.29) is 17.7 Å². The Morgan fingerprint density at radius 2 is 1.52 bits per heavy atom. The Labute approximate surface area is 164 Å². The van der Waals surface area contributed by atoms with Crippen molar-refractivity contribution in [3.63, 3.8) is 0 Å². The molecule has 1 heterocycles. The lowest BCUT2D eigenvalue weighted by atomic mass is 9.91. The Morgan fingerprint density at radius 3 is 1.96 bits per heavy atom. The summed E-state index contributed by atoms with van der Waals surface area (Å²) in [5.41, 5.74) is 3.38. The second-order valence-corrected chi connectivity index (χ2v) is 8.86. The number of amides is 2. The molecule has 1 N–H and O–H groups in total. The molecule has 1 aliphatic heterocycles. The standard InChI is InChI=1S/C23H36N2O2/c1-15(2)14-21(26)25-12-10-18(11-13-25)23(27)24-22-19(16(3)4)8-7-9-20(22)17(5)6/h7-9,15-18H,10-14H2,1-6H3,(H,24,27). The van der Waals surface area contributed by atoms with Crippen molar-refractivity contribution < 1.29 is 9.59 Å². The summed E-state index contributed by atoms with van der Waals surface area (Å²) >= 11 is 0. The Hall–Kier alpha value is -1.84. The lowest BCUT2D eigenvalue weighted by Crippen LogP contribution is -2.41. The zero-order valence-corrected chi connectivity index (χ0v) is 17.8. The van der Waals surface area contributed by atoms with E-state index in [1.54, 1.807) is 0 Å². The fourth-order valence-electron chi connectivity index (χ4n) is 3.79. The molecule has 0 aliphatic carbocycles. The molecule has 0 radical (unpaired) electrons. The highest BCUT2D eigenvalue weighted by molar-refractivity contribution is 5.94. The molecule has 0 saturated carbocycles. The maximum Gasteiger partial charge on any atom is 0.227 e. The Balaban J connectivity index is 2.06. The largest absolute Gasteiger partial charge is 0.343 e. The lowest BCUT2D eigenvalue weighted by molar-refractivity contribution is -0.135. The van der Waals surface area contributed by atoms with E-state index in [1.807, 2.05) is 4.90 Å². The SMILES string of the molecule is CC(C)CC(=O)N1CCC(C(=O)Nc2c(C(C)C)cccc2C(C)C)CC1. The monoisotopic (exact) mass is 372 g/mol.